The summed E-state index contributed by atoms with van der Waals surface area (Å²) >= 11 is 8.79. The van der Waals surface area contributed by atoms with Gasteiger partial charge in [0.15, 0.2) is 0 Å². The molecule has 0 aliphatic heterocycles. The van der Waals surface area contributed by atoms with Gasteiger partial charge in [-0.3, -0.25) is 0 Å². The molecular weight excluding hydrogens is 225 g/mol. The minimum Gasteiger partial charge on any atom is -0.310 e. The molecule has 66 valence electrons. The van der Waals surface area contributed by atoms with Crippen LogP contribution in [-0.4, -0.2) is 17.9 Å². The Morgan fingerprint density at radius 1 is 1.64 bits per heavy atom. The molecule has 0 aliphatic rings. The fourth-order valence-electron chi connectivity index (χ4n) is 0.861. The van der Waals surface area contributed by atoms with E-state index >= 15 is 0 Å². The summed E-state index contributed by atoms with van der Waals surface area (Å²) in [6.45, 7) is 3.06. The lowest BCUT2D eigenvalue weighted by molar-refractivity contribution is 0.515. The molecule has 0 aromatic rings. The lowest BCUT2D eigenvalue weighted by atomic mass is 10.2. The van der Waals surface area contributed by atoms with Gasteiger partial charge in [0, 0.05) is 23.5 Å². The first kappa shape index (κ1) is 11.5. The normalized spacial score (nSPS) is 14.1. The SMILES string of the molecule is CCC(CCBr)NC/C=C/Cl. The topological polar surface area (TPSA) is 12.0 Å². The molecular formula is C8H15BrClN. The quantitative estimate of drug-likeness (QED) is 0.704. The van der Waals surface area contributed by atoms with E-state index in [2.05, 4.69) is 28.2 Å². The van der Waals surface area contributed by atoms with Crippen LogP contribution in [0.3, 0.4) is 0 Å². The summed E-state index contributed by atoms with van der Waals surface area (Å²) in [6, 6.07) is 0.613. The van der Waals surface area contributed by atoms with E-state index in [-0.39, 0.29) is 0 Å². The molecule has 0 aromatic heterocycles. The summed E-state index contributed by atoms with van der Waals surface area (Å²) in [4.78, 5) is 0. The maximum Gasteiger partial charge on any atom is 0.0149 e. The molecule has 1 atom stereocenters. The largest absolute Gasteiger partial charge is 0.310 e. The molecule has 1 unspecified atom stereocenters. The fraction of sp³-hybridized carbons (Fsp3) is 0.750. The van der Waals surface area contributed by atoms with Gasteiger partial charge in [0.2, 0.25) is 0 Å². The summed E-state index contributed by atoms with van der Waals surface area (Å²) in [7, 11) is 0. The molecule has 0 radical (unpaired) electrons. The van der Waals surface area contributed by atoms with Gasteiger partial charge < -0.3 is 5.32 Å². The van der Waals surface area contributed by atoms with Crippen molar-refractivity contribution in [2.45, 2.75) is 25.8 Å². The first-order chi connectivity index (χ1) is 5.35. The summed E-state index contributed by atoms with van der Waals surface area (Å²) < 4.78 is 0. The van der Waals surface area contributed by atoms with E-state index in [0.717, 1.165) is 11.9 Å². The first-order valence-corrected chi connectivity index (χ1v) is 5.45. The zero-order valence-electron chi connectivity index (χ0n) is 6.82. The number of alkyl halides is 1. The Morgan fingerprint density at radius 3 is 2.82 bits per heavy atom. The van der Waals surface area contributed by atoms with Gasteiger partial charge in [-0.2, -0.15) is 0 Å². The van der Waals surface area contributed by atoms with E-state index in [0.29, 0.717) is 6.04 Å². The maximum absolute atomic E-state index is 5.38. The van der Waals surface area contributed by atoms with Crippen LogP contribution in [0.15, 0.2) is 11.6 Å². The van der Waals surface area contributed by atoms with Crippen LogP contribution in [0, 0.1) is 0 Å². The standard InChI is InChI=1S/C8H15BrClN/c1-2-8(4-5-9)11-7-3-6-10/h3,6,8,11H,2,4-5,7H2,1H3/b6-3+. The van der Waals surface area contributed by atoms with E-state index < -0.39 is 0 Å². The molecule has 0 amide bonds. The van der Waals surface area contributed by atoms with Gasteiger partial charge in [0.1, 0.15) is 0 Å². The number of hydrogen-bond acceptors (Lipinski definition) is 1. The molecule has 0 heterocycles. The number of halogens is 2. The van der Waals surface area contributed by atoms with Crippen molar-refractivity contribution in [2.75, 3.05) is 11.9 Å². The predicted molar refractivity (Wildman–Crippen MR) is 55.5 cm³/mol. The Morgan fingerprint density at radius 2 is 2.36 bits per heavy atom. The van der Waals surface area contributed by atoms with Crippen LogP contribution in [0.5, 0.6) is 0 Å². The van der Waals surface area contributed by atoms with Gasteiger partial charge in [-0.15, -0.1) is 0 Å². The number of hydrogen-bond donors (Lipinski definition) is 1. The van der Waals surface area contributed by atoms with Gasteiger partial charge in [-0.05, 0) is 12.8 Å². The average molecular weight is 241 g/mol. The van der Waals surface area contributed by atoms with Gasteiger partial charge >= 0.3 is 0 Å². The maximum atomic E-state index is 5.38. The van der Waals surface area contributed by atoms with Crippen LogP contribution >= 0.6 is 27.5 Å². The fourth-order valence-corrected chi connectivity index (χ4v) is 1.50. The number of rotatable bonds is 6. The van der Waals surface area contributed by atoms with Crippen molar-refractivity contribution >= 4 is 27.5 Å². The van der Waals surface area contributed by atoms with E-state index in [4.69, 9.17) is 11.6 Å². The minimum absolute atomic E-state index is 0.613. The zero-order chi connectivity index (χ0) is 8.53. The predicted octanol–water partition coefficient (Wildman–Crippen LogP) is 2.89. The molecule has 0 saturated heterocycles. The molecule has 11 heavy (non-hydrogen) atoms. The highest BCUT2D eigenvalue weighted by Gasteiger charge is 2.01. The third-order valence-electron chi connectivity index (χ3n) is 1.56. The third-order valence-corrected chi connectivity index (χ3v) is 2.20. The zero-order valence-corrected chi connectivity index (χ0v) is 9.16. The molecule has 1 N–H and O–H groups in total. The molecule has 0 fully saturated rings. The van der Waals surface area contributed by atoms with Gasteiger partial charge in [-0.1, -0.05) is 40.5 Å². The van der Waals surface area contributed by atoms with Crippen LogP contribution in [0.2, 0.25) is 0 Å². The highest BCUT2D eigenvalue weighted by Crippen LogP contribution is 1.99. The van der Waals surface area contributed by atoms with Gasteiger partial charge in [-0.25, -0.2) is 0 Å². The van der Waals surface area contributed by atoms with E-state index in [1.165, 1.54) is 12.8 Å². The Kier molecular flexibility index (Phi) is 8.93. The second-order valence-corrected chi connectivity index (χ2v) is 3.40. The van der Waals surface area contributed by atoms with E-state index in [1.54, 1.807) is 5.54 Å². The summed E-state index contributed by atoms with van der Waals surface area (Å²) in [5, 5.41) is 4.43. The van der Waals surface area contributed by atoms with Crippen LogP contribution in [0.25, 0.3) is 0 Å². The molecule has 1 nitrogen and oxygen atoms in total. The molecule has 0 spiro atoms. The minimum atomic E-state index is 0.613. The van der Waals surface area contributed by atoms with Crippen molar-refractivity contribution in [3.05, 3.63) is 11.6 Å². The van der Waals surface area contributed by atoms with Crippen LogP contribution in [-0.2, 0) is 0 Å². The summed E-state index contributed by atoms with van der Waals surface area (Å²) in [5.41, 5.74) is 1.55. The Balaban J connectivity index is 3.35. The molecule has 0 aromatic carbocycles. The molecule has 0 rings (SSSR count). The molecule has 0 saturated carbocycles. The highest BCUT2D eigenvalue weighted by atomic mass is 79.9. The van der Waals surface area contributed by atoms with E-state index in [9.17, 15) is 0 Å². The lowest BCUT2D eigenvalue weighted by Gasteiger charge is -2.13. The Labute approximate surface area is 82.3 Å². The van der Waals surface area contributed by atoms with Gasteiger partial charge in [0.05, 0.1) is 0 Å². The smallest absolute Gasteiger partial charge is 0.0149 e. The van der Waals surface area contributed by atoms with Crippen LogP contribution < -0.4 is 5.32 Å². The Hall–Kier alpha value is 0.470. The van der Waals surface area contributed by atoms with Crippen molar-refractivity contribution in [1.82, 2.24) is 5.32 Å². The van der Waals surface area contributed by atoms with E-state index in [1.807, 2.05) is 6.08 Å². The highest BCUT2D eigenvalue weighted by molar-refractivity contribution is 9.09. The second kappa shape index (κ2) is 8.57. The molecule has 3 heteroatoms. The molecule has 0 bridgehead atoms. The van der Waals surface area contributed by atoms with Crippen molar-refractivity contribution < 1.29 is 0 Å². The summed E-state index contributed by atoms with van der Waals surface area (Å²) in [6.07, 6.45) is 4.26. The van der Waals surface area contributed by atoms with Gasteiger partial charge in [0.25, 0.3) is 0 Å². The van der Waals surface area contributed by atoms with Crippen molar-refractivity contribution in [3.63, 3.8) is 0 Å². The van der Waals surface area contributed by atoms with Crippen LogP contribution in [0.1, 0.15) is 19.8 Å². The monoisotopic (exact) mass is 239 g/mol. The van der Waals surface area contributed by atoms with Crippen molar-refractivity contribution in [1.29, 1.82) is 0 Å². The third kappa shape index (κ3) is 6.85. The van der Waals surface area contributed by atoms with Crippen LogP contribution in [0.4, 0.5) is 0 Å². The van der Waals surface area contributed by atoms with Crippen molar-refractivity contribution in [2.24, 2.45) is 0 Å². The summed E-state index contributed by atoms with van der Waals surface area (Å²) in [5.74, 6) is 0. The Bertz CT molecular complexity index is 106. The second-order valence-electron chi connectivity index (χ2n) is 2.35. The van der Waals surface area contributed by atoms with Crippen molar-refractivity contribution in [3.8, 4) is 0 Å². The average Bonchev–Trinajstić information content (AvgIpc) is 2.03. The first-order valence-electron chi connectivity index (χ1n) is 3.89. The number of nitrogens with one attached hydrogen (secondary N) is 1. The molecule has 0 aliphatic carbocycles. The lowest BCUT2D eigenvalue weighted by Crippen LogP contribution is -2.28.